The van der Waals surface area contributed by atoms with Gasteiger partial charge in [0, 0.05) is 28.1 Å². The van der Waals surface area contributed by atoms with Crippen LogP contribution in [0.1, 0.15) is 33.2 Å². The zero-order valence-electron chi connectivity index (χ0n) is 18.3. The van der Waals surface area contributed by atoms with Crippen LogP contribution in [0, 0.1) is 13.8 Å². The Kier molecular flexibility index (Phi) is 6.86. The van der Waals surface area contributed by atoms with Gasteiger partial charge < -0.3 is 20.7 Å². The molecule has 2 heterocycles. The Morgan fingerprint density at radius 1 is 1.15 bits per heavy atom. The molecule has 0 aliphatic rings. The lowest BCUT2D eigenvalue weighted by molar-refractivity contribution is 0.0912. The fourth-order valence-electron chi connectivity index (χ4n) is 3.48. The molecular formula is C25H24BrN5O2. The number of rotatable bonds is 7. The zero-order valence-corrected chi connectivity index (χ0v) is 19.8. The van der Waals surface area contributed by atoms with Gasteiger partial charge in [-0.1, -0.05) is 52.3 Å². The lowest BCUT2D eigenvalue weighted by Gasteiger charge is -2.16. The SMILES string of the molecule is Cc1cnc(Nc2cccc(Br)c2C)nc1-c1c[nH]c(C(=O)N[C@H](CO)c2ccccc2)c1. The molecular weight excluding hydrogens is 482 g/mol. The number of halogens is 1. The molecule has 0 unspecified atom stereocenters. The van der Waals surface area contributed by atoms with Crippen LogP contribution in [0.3, 0.4) is 0 Å². The van der Waals surface area contributed by atoms with Gasteiger partial charge >= 0.3 is 0 Å². The first-order valence-electron chi connectivity index (χ1n) is 10.5. The fraction of sp³-hybridized carbons (Fsp3) is 0.160. The molecule has 7 nitrogen and oxygen atoms in total. The molecule has 33 heavy (non-hydrogen) atoms. The average Bonchev–Trinajstić information content (AvgIpc) is 3.32. The minimum atomic E-state index is -0.490. The summed E-state index contributed by atoms with van der Waals surface area (Å²) in [5.41, 5.74) is 5.56. The van der Waals surface area contributed by atoms with Crippen molar-refractivity contribution < 1.29 is 9.90 Å². The van der Waals surface area contributed by atoms with Crippen molar-refractivity contribution in [3.8, 4) is 11.3 Å². The molecule has 0 spiro atoms. The van der Waals surface area contributed by atoms with Crippen LogP contribution in [-0.4, -0.2) is 32.6 Å². The number of carbonyl (C=O) groups is 1. The summed E-state index contributed by atoms with van der Waals surface area (Å²) in [6.07, 6.45) is 3.50. The van der Waals surface area contributed by atoms with Crippen LogP contribution in [0.15, 0.2) is 71.5 Å². The highest BCUT2D eigenvalue weighted by molar-refractivity contribution is 9.10. The van der Waals surface area contributed by atoms with Crippen LogP contribution >= 0.6 is 15.9 Å². The van der Waals surface area contributed by atoms with Gasteiger partial charge in [0.2, 0.25) is 5.95 Å². The van der Waals surface area contributed by atoms with Gasteiger partial charge in [-0.2, -0.15) is 0 Å². The third kappa shape index (κ3) is 5.13. The van der Waals surface area contributed by atoms with E-state index in [0.29, 0.717) is 11.6 Å². The second kappa shape index (κ2) is 9.97. The Bertz CT molecular complexity index is 1270. The first-order valence-corrected chi connectivity index (χ1v) is 11.3. The summed E-state index contributed by atoms with van der Waals surface area (Å²) in [5.74, 6) is 0.160. The molecule has 0 saturated carbocycles. The van der Waals surface area contributed by atoms with E-state index in [-0.39, 0.29) is 12.5 Å². The second-order valence-corrected chi connectivity index (χ2v) is 8.54. The Balaban J connectivity index is 1.54. The van der Waals surface area contributed by atoms with Gasteiger partial charge in [0.25, 0.3) is 5.91 Å². The lowest BCUT2D eigenvalue weighted by Crippen LogP contribution is -2.30. The van der Waals surface area contributed by atoms with Crippen LogP contribution in [0.4, 0.5) is 11.6 Å². The number of anilines is 2. The highest BCUT2D eigenvalue weighted by Crippen LogP contribution is 2.27. The number of hydrogen-bond donors (Lipinski definition) is 4. The Morgan fingerprint density at radius 2 is 1.94 bits per heavy atom. The summed E-state index contributed by atoms with van der Waals surface area (Å²) in [6.45, 7) is 3.74. The van der Waals surface area contributed by atoms with Crippen molar-refractivity contribution in [2.45, 2.75) is 19.9 Å². The maximum atomic E-state index is 12.8. The number of aromatic nitrogens is 3. The number of hydrogen-bond acceptors (Lipinski definition) is 5. The van der Waals surface area contributed by atoms with Crippen LogP contribution < -0.4 is 10.6 Å². The van der Waals surface area contributed by atoms with Gasteiger partial charge in [-0.25, -0.2) is 9.97 Å². The molecule has 4 N–H and O–H groups in total. The molecule has 4 rings (SSSR count). The minimum absolute atomic E-state index is 0.196. The molecule has 2 aromatic heterocycles. The monoisotopic (exact) mass is 505 g/mol. The molecule has 0 radical (unpaired) electrons. The Morgan fingerprint density at radius 3 is 2.70 bits per heavy atom. The van der Waals surface area contributed by atoms with Crippen molar-refractivity contribution >= 4 is 33.5 Å². The van der Waals surface area contributed by atoms with Crippen molar-refractivity contribution in [3.05, 3.63) is 93.8 Å². The molecule has 0 aliphatic heterocycles. The van der Waals surface area contributed by atoms with Crippen LogP contribution in [0.25, 0.3) is 11.3 Å². The maximum absolute atomic E-state index is 12.8. The molecule has 1 amide bonds. The van der Waals surface area contributed by atoms with Gasteiger partial charge in [-0.15, -0.1) is 0 Å². The van der Waals surface area contributed by atoms with Crippen LogP contribution in [0.2, 0.25) is 0 Å². The smallest absolute Gasteiger partial charge is 0.268 e. The number of amides is 1. The van der Waals surface area contributed by atoms with E-state index in [1.165, 1.54) is 0 Å². The van der Waals surface area contributed by atoms with E-state index in [9.17, 15) is 9.90 Å². The number of aliphatic hydroxyl groups excluding tert-OH is 1. The van der Waals surface area contributed by atoms with Crippen LogP contribution in [-0.2, 0) is 0 Å². The van der Waals surface area contributed by atoms with Gasteiger partial charge in [0.1, 0.15) is 5.69 Å². The summed E-state index contributed by atoms with van der Waals surface area (Å²) in [7, 11) is 0. The number of aliphatic hydroxyl groups is 1. The largest absolute Gasteiger partial charge is 0.394 e. The Hall–Kier alpha value is -3.49. The first-order chi connectivity index (χ1) is 16.0. The third-order valence-electron chi connectivity index (χ3n) is 5.38. The molecule has 0 aliphatic carbocycles. The Labute approximate surface area is 200 Å². The lowest BCUT2D eigenvalue weighted by atomic mass is 10.1. The van der Waals surface area contributed by atoms with Gasteiger partial charge in [0.05, 0.1) is 18.3 Å². The molecule has 2 aromatic carbocycles. The van der Waals surface area contributed by atoms with Crippen molar-refractivity contribution in [2.75, 3.05) is 11.9 Å². The molecule has 0 saturated heterocycles. The summed E-state index contributed by atoms with van der Waals surface area (Å²) in [5, 5.41) is 15.9. The van der Waals surface area contributed by atoms with Crippen molar-refractivity contribution in [1.82, 2.24) is 20.3 Å². The number of H-pyrrole nitrogens is 1. The van der Waals surface area contributed by atoms with Gasteiger partial charge in [-0.05, 0) is 48.7 Å². The summed E-state index contributed by atoms with van der Waals surface area (Å²) >= 11 is 3.54. The summed E-state index contributed by atoms with van der Waals surface area (Å²) in [4.78, 5) is 24.9. The van der Waals surface area contributed by atoms with Crippen molar-refractivity contribution in [2.24, 2.45) is 0 Å². The summed E-state index contributed by atoms with van der Waals surface area (Å²) < 4.78 is 0.998. The number of aryl methyl sites for hydroxylation is 1. The van der Waals surface area contributed by atoms with Crippen molar-refractivity contribution in [1.29, 1.82) is 0 Å². The van der Waals surface area contributed by atoms with Crippen molar-refractivity contribution in [3.63, 3.8) is 0 Å². The standard InChI is InChI=1S/C25H24BrN5O2/c1-15-12-28-25(30-20-10-6-9-19(26)16(20)2)31-23(15)18-11-21(27-13-18)24(33)29-22(14-32)17-7-4-3-5-8-17/h3-13,22,27,32H,14H2,1-2H3,(H,29,33)(H,28,30,31)/t22-/m1/s1. The van der Waals surface area contributed by atoms with Crippen LogP contribution in [0.5, 0.6) is 0 Å². The number of nitrogens with zero attached hydrogens (tertiary/aromatic N) is 2. The number of carbonyl (C=O) groups excluding carboxylic acids is 1. The maximum Gasteiger partial charge on any atom is 0.268 e. The normalized spacial score (nSPS) is 11.8. The summed E-state index contributed by atoms with van der Waals surface area (Å²) in [6, 6.07) is 16.5. The predicted octanol–water partition coefficient (Wildman–Crippen LogP) is 5.06. The number of nitrogens with one attached hydrogen (secondary N) is 3. The van der Waals surface area contributed by atoms with E-state index in [4.69, 9.17) is 0 Å². The van der Waals surface area contributed by atoms with E-state index in [2.05, 4.69) is 41.5 Å². The first kappa shape index (κ1) is 22.7. The van der Waals surface area contributed by atoms with E-state index >= 15 is 0 Å². The predicted molar refractivity (Wildman–Crippen MR) is 132 cm³/mol. The second-order valence-electron chi connectivity index (χ2n) is 7.68. The molecule has 0 fully saturated rings. The fourth-order valence-corrected chi connectivity index (χ4v) is 3.84. The molecule has 4 aromatic rings. The van der Waals surface area contributed by atoms with Gasteiger partial charge in [0.15, 0.2) is 0 Å². The quantitative estimate of drug-likeness (QED) is 0.281. The molecule has 1 atom stereocenters. The zero-order chi connectivity index (χ0) is 23.4. The van der Waals surface area contributed by atoms with E-state index in [1.54, 1.807) is 18.5 Å². The topological polar surface area (TPSA) is 103 Å². The molecule has 8 heteroatoms. The minimum Gasteiger partial charge on any atom is -0.394 e. The average molecular weight is 506 g/mol. The highest BCUT2D eigenvalue weighted by Gasteiger charge is 2.17. The highest BCUT2D eigenvalue weighted by atomic mass is 79.9. The number of benzene rings is 2. The third-order valence-corrected chi connectivity index (χ3v) is 6.24. The molecule has 0 bridgehead atoms. The van der Waals surface area contributed by atoms with E-state index in [1.807, 2.05) is 62.4 Å². The van der Waals surface area contributed by atoms with E-state index in [0.717, 1.165) is 38.1 Å². The molecule has 168 valence electrons. The van der Waals surface area contributed by atoms with E-state index < -0.39 is 6.04 Å². The van der Waals surface area contributed by atoms with Gasteiger partial charge in [-0.3, -0.25) is 4.79 Å². The number of aromatic amines is 1.